The van der Waals surface area contributed by atoms with Crippen LogP contribution in [0.3, 0.4) is 0 Å². The van der Waals surface area contributed by atoms with Gasteiger partial charge in [-0.3, -0.25) is 0 Å². The molecule has 3 rings (SSSR count). The molecule has 2 aromatic rings. The molecule has 0 radical (unpaired) electrons. The van der Waals surface area contributed by atoms with E-state index in [1.165, 1.54) is 25.2 Å². The van der Waals surface area contributed by atoms with E-state index in [0.29, 0.717) is 18.2 Å². The monoisotopic (exact) mass is 314 g/mol. The van der Waals surface area contributed by atoms with Gasteiger partial charge in [0, 0.05) is 18.8 Å². The van der Waals surface area contributed by atoms with E-state index in [2.05, 4.69) is 20.3 Å². The molecule has 2 N–H and O–H groups in total. The van der Waals surface area contributed by atoms with E-state index >= 15 is 0 Å². The molecule has 7 heteroatoms. The van der Waals surface area contributed by atoms with Gasteiger partial charge in [0.05, 0.1) is 12.4 Å². The molecule has 0 aromatic carbocycles. The highest BCUT2D eigenvalue weighted by Crippen LogP contribution is 2.23. The van der Waals surface area contributed by atoms with Crippen LogP contribution in [-0.4, -0.2) is 32.1 Å². The summed E-state index contributed by atoms with van der Waals surface area (Å²) in [5.41, 5.74) is 0.934. The number of hydrogen-bond acceptors (Lipinski definition) is 6. The van der Waals surface area contributed by atoms with Crippen molar-refractivity contribution in [3.8, 4) is 5.88 Å². The third-order valence-electron chi connectivity index (χ3n) is 3.73. The lowest BCUT2D eigenvalue weighted by Crippen LogP contribution is -2.12. The summed E-state index contributed by atoms with van der Waals surface area (Å²) in [6, 6.07) is 3.80. The van der Waals surface area contributed by atoms with E-state index in [4.69, 9.17) is 9.84 Å². The van der Waals surface area contributed by atoms with Gasteiger partial charge in [-0.2, -0.15) is 0 Å². The van der Waals surface area contributed by atoms with Crippen LogP contribution in [0.15, 0.2) is 30.7 Å². The Kier molecular flexibility index (Phi) is 4.65. The summed E-state index contributed by atoms with van der Waals surface area (Å²) in [5, 5.41) is 11.9. The second kappa shape index (κ2) is 7.04. The number of nitrogens with zero attached hydrogens (tertiary/aromatic N) is 3. The van der Waals surface area contributed by atoms with Gasteiger partial charge in [-0.05, 0) is 37.3 Å². The second-order valence-corrected chi connectivity index (χ2v) is 5.47. The molecule has 120 valence electrons. The molecular weight excluding hydrogens is 296 g/mol. The van der Waals surface area contributed by atoms with Gasteiger partial charge in [-0.15, -0.1) is 0 Å². The smallest absolute Gasteiger partial charge is 0.356 e. The Balaban J connectivity index is 1.58. The van der Waals surface area contributed by atoms with Crippen molar-refractivity contribution in [2.24, 2.45) is 0 Å². The molecule has 0 bridgehead atoms. The van der Waals surface area contributed by atoms with Gasteiger partial charge in [-0.25, -0.2) is 19.7 Å². The van der Waals surface area contributed by atoms with Gasteiger partial charge in [0.25, 0.3) is 0 Å². The van der Waals surface area contributed by atoms with Crippen molar-refractivity contribution in [3.05, 3.63) is 42.0 Å². The highest BCUT2D eigenvalue weighted by molar-refractivity contribution is 5.84. The predicted molar refractivity (Wildman–Crippen MR) is 83.4 cm³/mol. The number of pyridine rings is 1. The molecule has 23 heavy (non-hydrogen) atoms. The van der Waals surface area contributed by atoms with Gasteiger partial charge in [-0.1, -0.05) is 0 Å². The lowest BCUT2D eigenvalue weighted by atomic mass is 10.2. The zero-order valence-corrected chi connectivity index (χ0v) is 12.6. The number of nitrogens with one attached hydrogen (secondary N) is 1. The Morgan fingerprint density at radius 2 is 2.09 bits per heavy atom. The van der Waals surface area contributed by atoms with Gasteiger partial charge < -0.3 is 15.2 Å². The molecule has 2 heterocycles. The Morgan fingerprint density at radius 3 is 2.78 bits per heavy atom. The standard InChI is InChI=1S/C16H18N4O3/c21-16(22)13-9-20-14(10-18-13)19-8-11-5-6-17-15(7-11)23-12-3-1-2-4-12/h5-7,9-10,12H,1-4,8H2,(H,19,20)(H,21,22). The number of rotatable bonds is 6. The minimum absolute atomic E-state index is 0.0771. The number of ether oxygens (including phenoxy) is 1. The summed E-state index contributed by atoms with van der Waals surface area (Å²) < 4.78 is 5.88. The van der Waals surface area contributed by atoms with E-state index in [1.54, 1.807) is 6.20 Å². The molecule has 1 aliphatic rings. The summed E-state index contributed by atoms with van der Waals surface area (Å²) in [5.74, 6) is 0.0699. The number of aromatic nitrogens is 3. The number of carbonyl (C=O) groups is 1. The van der Waals surface area contributed by atoms with Crippen LogP contribution in [0.4, 0.5) is 5.82 Å². The molecule has 0 aliphatic heterocycles. The van der Waals surface area contributed by atoms with Crippen LogP contribution in [0, 0.1) is 0 Å². The molecule has 1 aliphatic carbocycles. The first-order valence-corrected chi connectivity index (χ1v) is 7.61. The van der Waals surface area contributed by atoms with E-state index < -0.39 is 5.97 Å². The van der Waals surface area contributed by atoms with Gasteiger partial charge in [0.15, 0.2) is 5.69 Å². The van der Waals surface area contributed by atoms with Crippen LogP contribution in [-0.2, 0) is 6.54 Å². The van der Waals surface area contributed by atoms with Crippen LogP contribution in [0.1, 0.15) is 41.7 Å². The minimum atomic E-state index is -1.09. The second-order valence-electron chi connectivity index (χ2n) is 5.47. The molecule has 1 fully saturated rings. The molecule has 0 spiro atoms. The molecule has 0 saturated heterocycles. The van der Waals surface area contributed by atoms with E-state index in [9.17, 15) is 4.79 Å². The fourth-order valence-corrected chi connectivity index (χ4v) is 2.52. The SMILES string of the molecule is O=C(O)c1cnc(NCc2ccnc(OC3CCCC3)c2)cn1. The Morgan fingerprint density at radius 1 is 1.26 bits per heavy atom. The summed E-state index contributed by atoms with van der Waals surface area (Å²) in [6.07, 6.45) is 9.26. The average Bonchev–Trinajstić information content (AvgIpc) is 3.07. The average molecular weight is 314 g/mol. The summed E-state index contributed by atoms with van der Waals surface area (Å²) in [4.78, 5) is 22.8. The molecular formula is C16H18N4O3. The van der Waals surface area contributed by atoms with E-state index in [0.717, 1.165) is 18.4 Å². The maximum absolute atomic E-state index is 10.7. The van der Waals surface area contributed by atoms with Crippen molar-refractivity contribution >= 4 is 11.8 Å². The normalized spacial score (nSPS) is 14.6. The van der Waals surface area contributed by atoms with Crippen LogP contribution < -0.4 is 10.1 Å². The van der Waals surface area contributed by atoms with Gasteiger partial charge in [0.2, 0.25) is 5.88 Å². The Labute approximate surface area is 133 Å². The third-order valence-corrected chi connectivity index (χ3v) is 3.73. The van der Waals surface area contributed by atoms with Crippen molar-refractivity contribution in [2.45, 2.75) is 38.3 Å². The summed E-state index contributed by atoms with van der Waals surface area (Å²) in [7, 11) is 0. The molecule has 7 nitrogen and oxygen atoms in total. The number of carboxylic acids is 1. The largest absolute Gasteiger partial charge is 0.476 e. The minimum Gasteiger partial charge on any atom is -0.476 e. The lowest BCUT2D eigenvalue weighted by molar-refractivity contribution is 0.0690. The maximum atomic E-state index is 10.7. The molecule has 1 saturated carbocycles. The number of hydrogen-bond donors (Lipinski definition) is 2. The number of aromatic carboxylic acids is 1. The first-order chi connectivity index (χ1) is 11.2. The van der Waals surface area contributed by atoms with Crippen LogP contribution >= 0.6 is 0 Å². The van der Waals surface area contributed by atoms with Crippen LogP contribution in [0.5, 0.6) is 5.88 Å². The third kappa shape index (κ3) is 4.15. The topological polar surface area (TPSA) is 97.2 Å². The molecule has 0 unspecified atom stereocenters. The van der Waals surface area contributed by atoms with Gasteiger partial charge >= 0.3 is 5.97 Å². The van der Waals surface area contributed by atoms with Crippen molar-refractivity contribution in [1.82, 2.24) is 15.0 Å². The fraction of sp³-hybridized carbons (Fsp3) is 0.375. The molecule has 2 aromatic heterocycles. The number of anilines is 1. The van der Waals surface area contributed by atoms with Crippen LogP contribution in [0.2, 0.25) is 0 Å². The zero-order chi connectivity index (χ0) is 16.1. The molecule has 0 atom stereocenters. The van der Waals surface area contributed by atoms with Crippen molar-refractivity contribution in [1.29, 1.82) is 0 Å². The first-order valence-electron chi connectivity index (χ1n) is 7.61. The van der Waals surface area contributed by atoms with Crippen LogP contribution in [0.25, 0.3) is 0 Å². The Hall–Kier alpha value is -2.70. The predicted octanol–water partition coefficient (Wildman–Crippen LogP) is 2.50. The fourth-order valence-electron chi connectivity index (χ4n) is 2.52. The zero-order valence-electron chi connectivity index (χ0n) is 12.6. The molecule has 0 amide bonds. The number of carboxylic acid groups (broad SMARTS) is 1. The van der Waals surface area contributed by atoms with Crippen molar-refractivity contribution < 1.29 is 14.6 Å². The van der Waals surface area contributed by atoms with Crippen molar-refractivity contribution in [3.63, 3.8) is 0 Å². The summed E-state index contributed by atoms with van der Waals surface area (Å²) >= 11 is 0. The van der Waals surface area contributed by atoms with E-state index in [1.807, 2.05) is 12.1 Å². The highest BCUT2D eigenvalue weighted by Gasteiger charge is 2.17. The van der Waals surface area contributed by atoms with Gasteiger partial charge in [0.1, 0.15) is 11.9 Å². The lowest BCUT2D eigenvalue weighted by Gasteiger charge is -2.13. The quantitative estimate of drug-likeness (QED) is 0.845. The highest BCUT2D eigenvalue weighted by atomic mass is 16.5. The Bertz CT molecular complexity index is 669. The maximum Gasteiger partial charge on any atom is 0.356 e. The van der Waals surface area contributed by atoms with Crippen molar-refractivity contribution in [2.75, 3.05) is 5.32 Å². The summed E-state index contributed by atoms with van der Waals surface area (Å²) in [6.45, 7) is 0.532. The first kappa shape index (κ1) is 15.2. The van der Waals surface area contributed by atoms with E-state index in [-0.39, 0.29) is 11.8 Å².